The highest BCUT2D eigenvalue weighted by molar-refractivity contribution is 6.31. The second-order valence-corrected chi connectivity index (χ2v) is 4.98. The van der Waals surface area contributed by atoms with Gasteiger partial charge in [0.25, 0.3) is 0 Å². The molecule has 0 fully saturated rings. The van der Waals surface area contributed by atoms with Crippen LogP contribution in [0.15, 0.2) is 30.9 Å². The fraction of sp³-hybridized carbons (Fsp3) is 0.429. The van der Waals surface area contributed by atoms with Crippen LogP contribution in [-0.2, 0) is 13.5 Å². The van der Waals surface area contributed by atoms with Crippen molar-refractivity contribution in [3.05, 3.63) is 47.0 Å². The van der Waals surface area contributed by atoms with E-state index >= 15 is 0 Å². The summed E-state index contributed by atoms with van der Waals surface area (Å²) in [7, 11) is 1.94. The molecule has 4 nitrogen and oxygen atoms in total. The first-order valence-corrected chi connectivity index (χ1v) is 6.88. The van der Waals surface area contributed by atoms with Crippen molar-refractivity contribution in [2.45, 2.75) is 25.8 Å². The minimum absolute atomic E-state index is 0.251. The molecule has 0 aliphatic heterocycles. The van der Waals surface area contributed by atoms with Crippen LogP contribution in [0.3, 0.4) is 0 Å². The van der Waals surface area contributed by atoms with Crippen LogP contribution in [0, 0.1) is 0 Å². The summed E-state index contributed by atoms with van der Waals surface area (Å²) in [5.74, 6) is 0. The van der Waals surface area contributed by atoms with E-state index in [1.165, 1.54) is 5.56 Å². The smallest absolute Gasteiger partial charge is 0.0637 e. The SMILES string of the molecule is CCNC(CCc1cnn(C)c1)c1ccncc1Cl. The van der Waals surface area contributed by atoms with E-state index in [-0.39, 0.29) is 6.04 Å². The normalized spacial score (nSPS) is 12.6. The molecule has 5 heteroatoms. The van der Waals surface area contributed by atoms with E-state index in [0.29, 0.717) is 0 Å². The first-order valence-electron chi connectivity index (χ1n) is 6.51. The number of hydrogen-bond donors (Lipinski definition) is 1. The number of hydrogen-bond acceptors (Lipinski definition) is 3. The molecule has 1 atom stereocenters. The van der Waals surface area contributed by atoms with Gasteiger partial charge in [0.15, 0.2) is 0 Å². The zero-order valence-electron chi connectivity index (χ0n) is 11.3. The molecule has 102 valence electrons. The van der Waals surface area contributed by atoms with Gasteiger partial charge in [-0.1, -0.05) is 18.5 Å². The number of aryl methyl sites for hydroxylation is 2. The Morgan fingerprint density at radius 1 is 1.42 bits per heavy atom. The lowest BCUT2D eigenvalue weighted by Gasteiger charge is -2.19. The quantitative estimate of drug-likeness (QED) is 0.883. The number of halogens is 1. The van der Waals surface area contributed by atoms with Crippen molar-refractivity contribution in [2.24, 2.45) is 7.05 Å². The van der Waals surface area contributed by atoms with E-state index in [2.05, 4.69) is 28.5 Å². The molecule has 0 saturated carbocycles. The number of pyridine rings is 1. The third-order valence-electron chi connectivity index (χ3n) is 3.11. The van der Waals surface area contributed by atoms with Crippen LogP contribution in [0.1, 0.15) is 30.5 Å². The van der Waals surface area contributed by atoms with Gasteiger partial charge in [-0.15, -0.1) is 0 Å². The van der Waals surface area contributed by atoms with Crippen LogP contribution in [0.25, 0.3) is 0 Å². The molecule has 0 radical (unpaired) electrons. The summed E-state index contributed by atoms with van der Waals surface area (Å²) in [5, 5.41) is 8.39. The van der Waals surface area contributed by atoms with Crippen molar-refractivity contribution in [2.75, 3.05) is 6.54 Å². The van der Waals surface area contributed by atoms with Crippen LogP contribution in [-0.4, -0.2) is 21.3 Å². The standard InChI is InChI=1S/C14H19ClN4/c1-3-17-14(12-6-7-16-9-13(12)15)5-4-11-8-18-19(2)10-11/h6-10,14,17H,3-5H2,1-2H3. The van der Waals surface area contributed by atoms with Crippen molar-refractivity contribution in [3.8, 4) is 0 Å². The lowest BCUT2D eigenvalue weighted by molar-refractivity contribution is 0.515. The first kappa shape index (κ1) is 14.0. The molecule has 0 aromatic carbocycles. The minimum atomic E-state index is 0.251. The van der Waals surface area contributed by atoms with Crippen LogP contribution in [0.2, 0.25) is 5.02 Å². The molecular weight excluding hydrogens is 260 g/mol. The number of rotatable bonds is 6. The maximum atomic E-state index is 6.22. The lowest BCUT2D eigenvalue weighted by Crippen LogP contribution is -2.21. The van der Waals surface area contributed by atoms with E-state index < -0.39 is 0 Å². The maximum Gasteiger partial charge on any atom is 0.0637 e. The van der Waals surface area contributed by atoms with Gasteiger partial charge in [-0.3, -0.25) is 9.67 Å². The molecule has 2 aromatic heterocycles. The summed E-state index contributed by atoms with van der Waals surface area (Å²) >= 11 is 6.22. The van der Waals surface area contributed by atoms with E-state index in [9.17, 15) is 0 Å². The number of aromatic nitrogens is 3. The average Bonchev–Trinajstić information content (AvgIpc) is 2.81. The summed E-state index contributed by atoms with van der Waals surface area (Å²) in [6, 6.07) is 2.24. The van der Waals surface area contributed by atoms with Gasteiger partial charge in [0.2, 0.25) is 0 Å². The predicted molar refractivity (Wildman–Crippen MR) is 77.2 cm³/mol. The maximum absolute atomic E-state index is 6.22. The zero-order valence-corrected chi connectivity index (χ0v) is 12.1. The number of nitrogens with zero attached hydrogens (tertiary/aromatic N) is 3. The Hall–Kier alpha value is -1.39. The van der Waals surface area contributed by atoms with Gasteiger partial charge in [-0.05, 0) is 36.6 Å². The summed E-state index contributed by atoms with van der Waals surface area (Å²) in [6.45, 7) is 3.02. The van der Waals surface area contributed by atoms with E-state index in [1.807, 2.05) is 24.0 Å². The molecule has 2 aromatic rings. The van der Waals surface area contributed by atoms with E-state index in [4.69, 9.17) is 11.6 Å². The average molecular weight is 279 g/mol. The van der Waals surface area contributed by atoms with Gasteiger partial charge in [0.1, 0.15) is 0 Å². The summed E-state index contributed by atoms with van der Waals surface area (Å²) in [6.07, 6.45) is 9.42. The molecule has 2 rings (SSSR count). The summed E-state index contributed by atoms with van der Waals surface area (Å²) in [4.78, 5) is 4.04. The Morgan fingerprint density at radius 3 is 2.89 bits per heavy atom. The Balaban J connectivity index is 2.06. The van der Waals surface area contributed by atoms with Gasteiger partial charge in [0.05, 0.1) is 11.2 Å². The van der Waals surface area contributed by atoms with Crippen LogP contribution in [0.4, 0.5) is 0 Å². The van der Waals surface area contributed by atoms with Crippen molar-refractivity contribution in [1.82, 2.24) is 20.1 Å². The second-order valence-electron chi connectivity index (χ2n) is 4.57. The van der Waals surface area contributed by atoms with E-state index in [1.54, 1.807) is 12.4 Å². The van der Waals surface area contributed by atoms with Gasteiger partial charge >= 0.3 is 0 Å². The molecule has 2 heterocycles. The van der Waals surface area contributed by atoms with Crippen molar-refractivity contribution >= 4 is 11.6 Å². The highest BCUT2D eigenvalue weighted by atomic mass is 35.5. The van der Waals surface area contributed by atoms with Crippen LogP contribution >= 0.6 is 11.6 Å². The molecule has 1 unspecified atom stereocenters. The molecule has 0 bridgehead atoms. The molecule has 0 amide bonds. The Kier molecular flexibility index (Phi) is 4.93. The number of nitrogens with one attached hydrogen (secondary N) is 1. The Morgan fingerprint density at radius 2 is 2.26 bits per heavy atom. The van der Waals surface area contributed by atoms with Gasteiger partial charge in [-0.2, -0.15) is 5.10 Å². The summed E-state index contributed by atoms with van der Waals surface area (Å²) in [5.41, 5.74) is 2.36. The topological polar surface area (TPSA) is 42.7 Å². The van der Waals surface area contributed by atoms with Crippen LogP contribution in [0.5, 0.6) is 0 Å². The molecule has 0 aliphatic carbocycles. The lowest BCUT2D eigenvalue weighted by atomic mass is 10.0. The first-order chi connectivity index (χ1) is 9.20. The second kappa shape index (κ2) is 6.68. The summed E-state index contributed by atoms with van der Waals surface area (Å²) < 4.78 is 1.83. The fourth-order valence-corrected chi connectivity index (χ4v) is 2.45. The molecule has 1 N–H and O–H groups in total. The van der Waals surface area contributed by atoms with Crippen molar-refractivity contribution in [1.29, 1.82) is 0 Å². The molecule has 0 spiro atoms. The molecule has 0 saturated heterocycles. The zero-order chi connectivity index (χ0) is 13.7. The third-order valence-corrected chi connectivity index (χ3v) is 3.43. The molecule has 19 heavy (non-hydrogen) atoms. The third kappa shape index (κ3) is 3.78. The van der Waals surface area contributed by atoms with Crippen LogP contribution < -0.4 is 5.32 Å². The largest absolute Gasteiger partial charge is 0.310 e. The molecule has 0 aliphatic rings. The van der Waals surface area contributed by atoms with Crippen molar-refractivity contribution < 1.29 is 0 Å². The monoisotopic (exact) mass is 278 g/mol. The van der Waals surface area contributed by atoms with Gasteiger partial charge in [0, 0.05) is 31.7 Å². The highest BCUT2D eigenvalue weighted by Crippen LogP contribution is 2.25. The Bertz CT molecular complexity index is 524. The molecular formula is C14H19ClN4. The predicted octanol–water partition coefficient (Wildman–Crippen LogP) is 2.75. The fourth-order valence-electron chi connectivity index (χ4n) is 2.19. The highest BCUT2D eigenvalue weighted by Gasteiger charge is 2.14. The Labute approximate surface area is 118 Å². The van der Waals surface area contributed by atoms with Gasteiger partial charge in [-0.25, -0.2) is 0 Å². The van der Waals surface area contributed by atoms with E-state index in [0.717, 1.165) is 30.0 Å². The minimum Gasteiger partial charge on any atom is -0.310 e. The van der Waals surface area contributed by atoms with Crippen molar-refractivity contribution in [3.63, 3.8) is 0 Å². The van der Waals surface area contributed by atoms with Gasteiger partial charge < -0.3 is 5.32 Å².